The predicted molar refractivity (Wildman–Crippen MR) is 101 cm³/mol. The Labute approximate surface area is 150 Å². The minimum atomic E-state index is -0.264. The first-order chi connectivity index (χ1) is 11.9. The van der Waals surface area contributed by atoms with Crippen LogP contribution in [0.25, 0.3) is 0 Å². The smallest absolute Gasteiger partial charge is 0.241 e. The van der Waals surface area contributed by atoms with E-state index in [0.29, 0.717) is 23.7 Å². The van der Waals surface area contributed by atoms with Gasteiger partial charge in [0.25, 0.3) is 0 Å². The lowest BCUT2D eigenvalue weighted by atomic mass is 10.0. The fourth-order valence-electron chi connectivity index (χ4n) is 2.51. The average molecular weight is 335 g/mol. The summed E-state index contributed by atoms with van der Waals surface area (Å²) < 4.78 is 0. The Kier molecular flexibility index (Phi) is 6.32. The van der Waals surface area contributed by atoms with Crippen LogP contribution in [-0.4, -0.2) is 23.9 Å². The van der Waals surface area contributed by atoms with Crippen molar-refractivity contribution in [3.05, 3.63) is 65.2 Å². The number of likely N-dealkylation sites (N-methyl/N-ethyl adjacent to an activating group) is 1. The lowest BCUT2D eigenvalue weighted by Crippen LogP contribution is -2.39. The summed E-state index contributed by atoms with van der Waals surface area (Å²) in [6.07, 6.45) is 0. The van der Waals surface area contributed by atoms with Gasteiger partial charge in [0.15, 0.2) is 0 Å². The first-order valence-corrected chi connectivity index (χ1v) is 8.51. The van der Waals surface area contributed by atoms with Crippen molar-refractivity contribution in [1.29, 1.82) is 5.26 Å². The van der Waals surface area contributed by atoms with Crippen LogP contribution in [0, 0.1) is 11.3 Å². The highest BCUT2D eigenvalue weighted by Gasteiger charge is 2.18. The lowest BCUT2D eigenvalue weighted by Gasteiger charge is -2.24. The molecule has 2 rings (SSSR count). The molecule has 1 atom stereocenters. The van der Waals surface area contributed by atoms with E-state index in [4.69, 9.17) is 5.26 Å². The molecule has 0 aromatic heterocycles. The van der Waals surface area contributed by atoms with E-state index in [9.17, 15) is 4.79 Å². The second kappa shape index (κ2) is 8.46. The van der Waals surface area contributed by atoms with E-state index in [1.165, 1.54) is 11.1 Å². The molecule has 0 bridgehead atoms. The highest BCUT2D eigenvalue weighted by atomic mass is 16.2. The molecule has 0 radical (unpaired) electrons. The molecule has 1 amide bonds. The number of nitriles is 1. The Morgan fingerprint density at radius 1 is 1.08 bits per heavy atom. The quantitative estimate of drug-likeness (QED) is 0.863. The molecule has 2 aromatic carbocycles. The molecule has 1 unspecified atom stereocenters. The van der Waals surface area contributed by atoms with E-state index in [1.807, 2.05) is 18.9 Å². The predicted octanol–water partition coefficient (Wildman–Crippen LogP) is 4.14. The number of carbonyl (C=O) groups excluding carboxylic acids is 1. The second-order valence-corrected chi connectivity index (χ2v) is 6.67. The van der Waals surface area contributed by atoms with E-state index in [2.05, 4.69) is 49.5 Å². The van der Waals surface area contributed by atoms with Crippen molar-refractivity contribution in [3.8, 4) is 6.07 Å². The summed E-state index contributed by atoms with van der Waals surface area (Å²) in [6, 6.07) is 17.2. The van der Waals surface area contributed by atoms with Crippen LogP contribution in [-0.2, 0) is 11.3 Å². The molecule has 0 fully saturated rings. The zero-order chi connectivity index (χ0) is 18.4. The summed E-state index contributed by atoms with van der Waals surface area (Å²) in [5.41, 5.74) is 3.78. The van der Waals surface area contributed by atoms with Crippen molar-refractivity contribution in [2.75, 3.05) is 12.4 Å². The third kappa shape index (κ3) is 5.17. The van der Waals surface area contributed by atoms with Gasteiger partial charge in [-0.05, 0) is 55.3 Å². The van der Waals surface area contributed by atoms with Crippen LogP contribution in [0.4, 0.5) is 5.69 Å². The fraction of sp³-hybridized carbons (Fsp3) is 0.333. The normalized spacial score (nSPS) is 12.0. The SMILES string of the molecule is CC(C)c1ccc(CN(C)C(C)C(=O)Nc2ccc(C#N)cc2)cc1. The van der Waals surface area contributed by atoms with Crippen molar-refractivity contribution >= 4 is 11.6 Å². The van der Waals surface area contributed by atoms with Crippen molar-refractivity contribution < 1.29 is 4.79 Å². The van der Waals surface area contributed by atoms with Crippen LogP contribution < -0.4 is 5.32 Å². The highest BCUT2D eigenvalue weighted by molar-refractivity contribution is 5.94. The monoisotopic (exact) mass is 335 g/mol. The zero-order valence-corrected chi connectivity index (χ0v) is 15.3. The topological polar surface area (TPSA) is 56.1 Å². The van der Waals surface area contributed by atoms with E-state index in [1.54, 1.807) is 24.3 Å². The molecule has 0 aliphatic heterocycles. The summed E-state index contributed by atoms with van der Waals surface area (Å²) in [4.78, 5) is 14.4. The number of rotatable bonds is 6. The van der Waals surface area contributed by atoms with E-state index in [-0.39, 0.29) is 11.9 Å². The molecule has 2 aromatic rings. The number of benzene rings is 2. The van der Waals surface area contributed by atoms with Crippen LogP contribution in [0.1, 0.15) is 43.4 Å². The lowest BCUT2D eigenvalue weighted by molar-refractivity contribution is -0.120. The van der Waals surface area contributed by atoms with Crippen molar-refractivity contribution in [2.45, 2.75) is 39.3 Å². The Morgan fingerprint density at radius 2 is 1.68 bits per heavy atom. The van der Waals surface area contributed by atoms with E-state index < -0.39 is 0 Å². The largest absolute Gasteiger partial charge is 0.325 e. The third-order valence-electron chi connectivity index (χ3n) is 4.40. The van der Waals surface area contributed by atoms with Crippen LogP contribution in [0.3, 0.4) is 0 Å². The highest BCUT2D eigenvalue weighted by Crippen LogP contribution is 2.16. The minimum absolute atomic E-state index is 0.0639. The minimum Gasteiger partial charge on any atom is -0.325 e. The van der Waals surface area contributed by atoms with Gasteiger partial charge in [-0.25, -0.2) is 0 Å². The van der Waals surface area contributed by atoms with Gasteiger partial charge in [0.2, 0.25) is 5.91 Å². The fourth-order valence-corrected chi connectivity index (χ4v) is 2.51. The molecular formula is C21H25N3O. The maximum Gasteiger partial charge on any atom is 0.241 e. The molecule has 0 aliphatic rings. The molecular weight excluding hydrogens is 310 g/mol. The maximum atomic E-state index is 12.4. The van der Waals surface area contributed by atoms with Gasteiger partial charge in [-0.15, -0.1) is 0 Å². The van der Waals surface area contributed by atoms with Crippen LogP contribution >= 0.6 is 0 Å². The van der Waals surface area contributed by atoms with Gasteiger partial charge in [-0.2, -0.15) is 5.26 Å². The van der Waals surface area contributed by atoms with Crippen LogP contribution in [0.15, 0.2) is 48.5 Å². The van der Waals surface area contributed by atoms with Gasteiger partial charge < -0.3 is 5.32 Å². The van der Waals surface area contributed by atoms with Crippen molar-refractivity contribution in [2.24, 2.45) is 0 Å². The number of nitrogens with one attached hydrogen (secondary N) is 1. The second-order valence-electron chi connectivity index (χ2n) is 6.67. The maximum absolute atomic E-state index is 12.4. The van der Waals surface area contributed by atoms with Gasteiger partial charge in [0.05, 0.1) is 17.7 Å². The number of hydrogen-bond acceptors (Lipinski definition) is 3. The molecule has 0 spiro atoms. The van der Waals surface area contributed by atoms with Crippen LogP contribution in [0.2, 0.25) is 0 Å². The van der Waals surface area contributed by atoms with Crippen molar-refractivity contribution in [3.63, 3.8) is 0 Å². The summed E-state index contributed by atoms with van der Waals surface area (Å²) in [5, 5.41) is 11.7. The van der Waals surface area contributed by atoms with E-state index in [0.717, 1.165) is 0 Å². The van der Waals surface area contributed by atoms with Gasteiger partial charge in [0, 0.05) is 12.2 Å². The van der Waals surface area contributed by atoms with E-state index >= 15 is 0 Å². The third-order valence-corrected chi connectivity index (χ3v) is 4.40. The van der Waals surface area contributed by atoms with Crippen molar-refractivity contribution in [1.82, 2.24) is 4.90 Å². The Bertz CT molecular complexity index is 742. The first kappa shape index (κ1) is 18.7. The zero-order valence-electron chi connectivity index (χ0n) is 15.3. The standard InChI is InChI=1S/C21H25N3O/c1-15(2)19-9-5-18(6-10-19)14-24(4)16(3)21(25)23-20-11-7-17(13-22)8-12-20/h5-12,15-16H,14H2,1-4H3,(H,23,25). The van der Waals surface area contributed by atoms with Gasteiger partial charge in [-0.1, -0.05) is 38.1 Å². The van der Waals surface area contributed by atoms with Gasteiger partial charge in [-0.3, -0.25) is 9.69 Å². The van der Waals surface area contributed by atoms with Gasteiger partial charge in [0.1, 0.15) is 0 Å². The molecule has 0 saturated carbocycles. The number of carbonyl (C=O) groups is 1. The molecule has 130 valence electrons. The number of nitrogens with zero attached hydrogens (tertiary/aromatic N) is 2. The Hall–Kier alpha value is -2.64. The molecule has 0 heterocycles. The number of anilines is 1. The molecule has 1 N–H and O–H groups in total. The molecule has 0 saturated heterocycles. The first-order valence-electron chi connectivity index (χ1n) is 8.51. The molecule has 4 heteroatoms. The number of amides is 1. The average Bonchev–Trinajstić information content (AvgIpc) is 2.62. The summed E-state index contributed by atoms with van der Waals surface area (Å²) in [6.45, 7) is 6.95. The Balaban J connectivity index is 1.94. The Morgan fingerprint density at radius 3 is 2.20 bits per heavy atom. The summed E-state index contributed by atoms with van der Waals surface area (Å²) in [5.74, 6) is 0.454. The molecule has 4 nitrogen and oxygen atoms in total. The molecule has 25 heavy (non-hydrogen) atoms. The summed E-state index contributed by atoms with van der Waals surface area (Å²) in [7, 11) is 1.94. The molecule has 0 aliphatic carbocycles. The van der Waals surface area contributed by atoms with Gasteiger partial charge >= 0.3 is 0 Å². The van der Waals surface area contributed by atoms with Crippen LogP contribution in [0.5, 0.6) is 0 Å². The summed E-state index contributed by atoms with van der Waals surface area (Å²) >= 11 is 0. The number of hydrogen-bond donors (Lipinski definition) is 1.